The fourth-order valence-corrected chi connectivity index (χ4v) is 4.52. The van der Waals surface area contributed by atoms with Gasteiger partial charge in [-0.05, 0) is 0 Å². The first-order chi connectivity index (χ1) is 11.8. The van der Waals surface area contributed by atoms with Crippen LogP contribution in [0, 0.1) is 0 Å². The van der Waals surface area contributed by atoms with Crippen LogP contribution < -0.4 is 9.05 Å². The zero-order chi connectivity index (χ0) is 17.1. The van der Waals surface area contributed by atoms with Crippen molar-refractivity contribution in [2.24, 2.45) is 0 Å². The van der Waals surface area contributed by atoms with Gasteiger partial charge in [0.1, 0.15) is 0 Å². The van der Waals surface area contributed by atoms with E-state index in [1.807, 2.05) is 60.7 Å². The maximum absolute atomic E-state index is 6.26. The van der Waals surface area contributed by atoms with Gasteiger partial charge in [0.05, 0.1) is 0 Å². The molecule has 0 saturated heterocycles. The normalized spacial score (nSPS) is 11.9. The van der Waals surface area contributed by atoms with E-state index in [4.69, 9.17) is 13.6 Å². The topological polar surface area (TPSA) is 27.7 Å². The summed E-state index contributed by atoms with van der Waals surface area (Å²) in [7, 11) is -2.81. The van der Waals surface area contributed by atoms with Gasteiger partial charge in [-0.3, -0.25) is 0 Å². The molecule has 0 aromatic heterocycles. The van der Waals surface area contributed by atoms with E-state index in [2.05, 4.69) is 13.8 Å². The first-order valence-electron chi connectivity index (χ1n) is 8.90. The van der Waals surface area contributed by atoms with Gasteiger partial charge in [-0.25, -0.2) is 0 Å². The Labute approximate surface area is 146 Å². The second-order valence-electron chi connectivity index (χ2n) is 5.78. The third-order valence-electron chi connectivity index (χ3n) is 3.79. The number of unbranched alkanes of at least 4 members (excludes halogenated alkanes) is 3. The number of rotatable bonds is 11. The molecule has 0 atom stereocenters. The van der Waals surface area contributed by atoms with Crippen molar-refractivity contribution in [3.05, 3.63) is 60.7 Å². The van der Waals surface area contributed by atoms with Gasteiger partial charge >= 0.3 is 146 Å². The standard InChI is InChI=1S/C20H29O3P/c1-3-5-6-13-18-21-24(4-2,22-19-14-9-7-10-15-19)23-20-16-11-8-12-17-20/h7-12,14-17,24H,3-6,13,18H2,1-2H3. The summed E-state index contributed by atoms with van der Waals surface area (Å²) >= 11 is 0. The number of para-hydroxylation sites is 2. The zero-order valence-corrected chi connectivity index (χ0v) is 15.7. The Morgan fingerprint density at radius 1 is 0.708 bits per heavy atom. The molecule has 0 N–H and O–H groups in total. The van der Waals surface area contributed by atoms with E-state index in [1.165, 1.54) is 19.3 Å². The van der Waals surface area contributed by atoms with Crippen LogP contribution in [0.15, 0.2) is 60.7 Å². The van der Waals surface area contributed by atoms with Gasteiger partial charge in [-0.2, -0.15) is 0 Å². The molecule has 0 bridgehead atoms. The van der Waals surface area contributed by atoms with Crippen molar-refractivity contribution in [1.29, 1.82) is 0 Å². The fraction of sp³-hybridized carbons (Fsp3) is 0.400. The summed E-state index contributed by atoms with van der Waals surface area (Å²) in [5, 5.41) is 0. The number of benzene rings is 2. The number of hydrogen-bond acceptors (Lipinski definition) is 3. The second-order valence-corrected chi connectivity index (χ2v) is 8.55. The zero-order valence-electron chi connectivity index (χ0n) is 14.7. The van der Waals surface area contributed by atoms with Crippen LogP contribution in [-0.2, 0) is 4.52 Å². The molecule has 0 spiro atoms. The van der Waals surface area contributed by atoms with E-state index in [9.17, 15) is 0 Å². The van der Waals surface area contributed by atoms with E-state index >= 15 is 0 Å². The van der Waals surface area contributed by atoms with Crippen LogP contribution in [0.2, 0.25) is 0 Å². The molecule has 0 amide bonds. The molecule has 132 valence electrons. The summed E-state index contributed by atoms with van der Waals surface area (Å²) in [6, 6.07) is 19.6. The van der Waals surface area contributed by atoms with Crippen LogP contribution in [-0.4, -0.2) is 12.8 Å². The van der Waals surface area contributed by atoms with Gasteiger partial charge < -0.3 is 0 Å². The maximum atomic E-state index is 6.26. The van der Waals surface area contributed by atoms with Crippen molar-refractivity contribution < 1.29 is 13.6 Å². The predicted molar refractivity (Wildman–Crippen MR) is 103 cm³/mol. The van der Waals surface area contributed by atoms with Crippen LogP contribution in [0.5, 0.6) is 11.5 Å². The monoisotopic (exact) mass is 348 g/mol. The molecule has 0 aliphatic carbocycles. The summed E-state index contributed by atoms with van der Waals surface area (Å²) in [5.74, 6) is 1.60. The molecular formula is C20H29O3P. The third-order valence-corrected chi connectivity index (χ3v) is 6.39. The fourth-order valence-electron chi connectivity index (χ4n) is 2.42. The van der Waals surface area contributed by atoms with Crippen molar-refractivity contribution in [3.8, 4) is 11.5 Å². The van der Waals surface area contributed by atoms with Crippen LogP contribution in [0.3, 0.4) is 0 Å². The average molecular weight is 348 g/mol. The molecule has 0 saturated carbocycles. The third kappa shape index (κ3) is 6.14. The van der Waals surface area contributed by atoms with Crippen LogP contribution in [0.25, 0.3) is 0 Å². The van der Waals surface area contributed by atoms with E-state index in [0.29, 0.717) is 6.61 Å². The molecule has 2 aromatic carbocycles. The SMILES string of the molecule is CCCCCCO[PH](CC)(Oc1ccccc1)Oc1ccccc1. The Morgan fingerprint density at radius 2 is 1.25 bits per heavy atom. The Hall–Kier alpha value is -1.57. The molecule has 0 heterocycles. The average Bonchev–Trinajstić information content (AvgIpc) is 2.63. The summed E-state index contributed by atoms with van der Waals surface area (Å²) in [4.78, 5) is 0. The molecule has 4 heteroatoms. The minimum absolute atomic E-state index is 0.680. The van der Waals surface area contributed by atoms with Crippen molar-refractivity contribution in [1.82, 2.24) is 0 Å². The van der Waals surface area contributed by atoms with Crippen molar-refractivity contribution in [2.75, 3.05) is 12.8 Å². The Balaban J connectivity index is 2.08. The Morgan fingerprint density at radius 3 is 1.71 bits per heavy atom. The van der Waals surface area contributed by atoms with Gasteiger partial charge in [0.25, 0.3) is 0 Å². The molecule has 0 unspecified atom stereocenters. The van der Waals surface area contributed by atoms with Crippen LogP contribution >= 0.6 is 7.94 Å². The molecule has 2 rings (SSSR count). The first kappa shape index (κ1) is 18.8. The van der Waals surface area contributed by atoms with Crippen molar-refractivity contribution >= 4 is 7.94 Å². The first-order valence-corrected chi connectivity index (χ1v) is 10.8. The van der Waals surface area contributed by atoms with E-state index < -0.39 is 7.94 Å². The van der Waals surface area contributed by atoms with Crippen molar-refractivity contribution in [3.63, 3.8) is 0 Å². The summed E-state index contributed by atoms with van der Waals surface area (Å²) in [5.41, 5.74) is 0. The molecule has 0 fully saturated rings. The molecule has 0 aliphatic rings. The van der Waals surface area contributed by atoms with Gasteiger partial charge in [-0.15, -0.1) is 0 Å². The Kier molecular flexibility index (Phi) is 8.07. The van der Waals surface area contributed by atoms with Crippen LogP contribution in [0.4, 0.5) is 0 Å². The quantitative estimate of drug-likeness (QED) is 0.354. The molecule has 3 nitrogen and oxygen atoms in total. The second kappa shape index (κ2) is 10.3. The molecular weight excluding hydrogens is 319 g/mol. The molecule has 24 heavy (non-hydrogen) atoms. The number of hydrogen-bond donors (Lipinski definition) is 0. The Bertz CT molecular complexity index is 518. The molecule has 0 aliphatic heterocycles. The van der Waals surface area contributed by atoms with E-state index in [1.54, 1.807) is 0 Å². The molecule has 2 aromatic rings. The van der Waals surface area contributed by atoms with E-state index in [0.717, 1.165) is 24.1 Å². The predicted octanol–water partition coefficient (Wildman–Crippen LogP) is 6.26. The summed E-state index contributed by atoms with van der Waals surface area (Å²) < 4.78 is 18.7. The van der Waals surface area contributed by atoms with Crippen molar-refractivity contribution in [2.45, 2.75) is 39.5 Å². The van der Waals surface area contributed by atoms with Gasteiger partial charge in [-0.1, -0.05) is 0 Å². The molecule has 0 radical (unpaired) electrons. The minimum atomic E-state index is -2.81. The summed E-state index contributed by atoms with van der Waals surface area (Å²) in [6.45, 7) is 4.97. The van der Waals surface area contributed by atoms with Gasteiger partial charge in [0.2, 0.25) is 0 Å². The van der Waals surface area contributed by atoms with Gasteiger partial charge in [0.15, 0.2) is 0 Å². The van der Waals surface area contributed by atoms with E-state index in [-0.39, 0.29) is 0 Å². The summed E-state index contributed by atoms with van der Waals surface area (Å²) in [6.07, 6.45) is 5.41. The van der Waals surface area contributed by atoms with Gasteiger partial charge in [0, 0.05) is 0 Å². The van der Waals surface area contributed by atoms with Crippen LogP contribution in [0.1, 0.15) is 39.5 Å².